The van der Waals surface area contributed by atoms with Gasteiger partial charge in [-0.05, 0) is 26.6 Å². The highest BCUT2D eigenvalue weighted by Gasteiger charge is 2.08. The lowest BCUT2D eigenvalue weighted by Gasteiger charge is -2.21. The molecule has 0 aliphatic rings. The van der Waals surface area contributed by atoms with Gasteiger partial charge in [0.05, 0.1) is 14.2 Å². The third-order valence-electron chi connectivity index (χ3n) is 3.26. The molecule has 0 fully saturated rings. The van der Waals surface area contributed by atoms with Crippen molar-refractivity contribution in [3.05, 3.63) is 23.8 Å². The zero-order valence-electron chi connectivity index (χ0n) is 12.7. The van der Waals surface area contributed by atoms with Crippen LogP contribution in [0, 0.1) is 0 Å². The van der Waals surface area contributed by atoms with Crippen LogP contribution in [0.4, 0.5) is 0 Å². The van der Waals surface area contributed by atoms with E-state index in [9.17, 15) is 0 Å². The van der Waals surface area contributed by atoms with Gasteiger partial charge in [-0.2, -0.15) is 0 Å². The molecule has 1 N–H and O–H groups in total. The van der Waals surface area contributed by atoms with Crippen molar-refractivity contribution in [2.45, 2.75) is 26.4 Å². The minimum Gasteiger partial charge on any atom is -0.497 e. The number of nitrogens with zero attached hydrogens (tertiary/aromatic N) is 1. The third-order valence-corrected chi connectivity index (χ3v) is 3.26. The molecule has 19 heavy (non-hydrogen) atoms. The van der Waals surface area contributed by atoms with E-state index in [1.54, 1.807) is 14.2 Å². The summed E-state index contributed by atoms with van der Waals surface area (Å²) in [6.07, 6.45) is 0. The lowest BCUT2D eigenvalue weighted by atomic mass is 10.1. The molecule has 1 rings (SSSR count). The number of methoxy groups -OCH3 is 2. The normalized spacial score (nSPS) is 12.5. The fraction of sp³-hybridized carbons (Fsp3) is 0.600. The lowest BCUT2D eigenvalue weighted by molar-refractivity contribution is 0.308. The average molecular weight is 266 g/mol. The van der Waals surface area contributed by atoms with Crippen LogP contribution < -0.4 is 14.8 Å². The summed E-state index contributed by atoms with van der Waals surface area (Å²) < 4.78 is 10.6. The second-order valence-electron chi connectivity index (χ2n) is 4.81. The highest BCUT2D eigenvalue weighted by Crippen LogP contribution is 2.24. The summed E-state index contributed by atoms with van der Waals surface area (Å²) >= 11 is 0. The molecule has 4 heteroatoms. The van der Waals surface area contributed by atoms with Crippen molar-refractivity contribution in [2.75, 3.05) is 34.4 Å². The molecule has 0 saturated carbocycles. The van der Waals surface area contributed by atoms with Crippen LogP contribution in [0.25, 0.3) is 0 Å². The Balaban J connectivity index is 2.57. The molecular weight excluding hydrogens is 240 g/mol. The van der Waals surface area contributed by atoms with Crippen LogP contribution in [0.15, 0.2) is 18.2 Å². The molecule has 1 atom stereocenters. The second-order valence-corrected chi connectivity index (χ2v) is 4.81. The largest absolute Gasteiger partial charge is 0.497 e. The molecule has 0 heterocycles. The van der Waals surface area contributed by atoms with E-state index in [0.717, 1.165) is 36.7 Å². The Morgan fingerprint density at radius 2 is 2.00 bits per heavy atom. The molecule has 0 aromatic heterocycles. The predicted octanol–water partition coefficient (Wildman–Crippen LogP) is 2.13. The van der Waals surface area contributed by atoms with E-state index < -0.39 is 0 Å². The zero-order chi connectivity index (χ0) is 14.3. The molecule has 108 valence electrons. The number of hydrogen-bond acceptors (Lipinski definition) is 4. The van der Waals surface area contributed by atoms with Crippen molar-refractivity contribution in [3.8, 4) is 11.5 Å². The monoisotopic (exact) mass is 266 g/mol. The van der Waals surface area contributed by atoms with Gasteiger partial charge in [0.25, 0.3) is 0 Å². The number of rotatable bonds is 8. The molecule has 0 aliphatic carbocycles. The summed E-state index contributed by atoms with van der Waals surface area (Å²) in [5.74, 6) is 1.68. The summed E-state index contributed by atoms with van der Waals surface area (Å²) in [5, 5.41) is 3.51. The molecule has 1 aromatic carbocycles. The first kappa shape index (κ1) is 15.8. The Morgan fingerprint density at radius 1 is 1.26 bits per heavy atom. The van der Waals surface area contributed by atoms with E-state index in [0.29, 0.717) is 6.04 Å². The van der Waals surface area contributed by atoms with Crippen LogP contribution in [0.1, 0.15) is 19.4 Å². The van der Waals surface area contributed by atoms with Crippen LogP contribution in [0.5, 0.6) is 11.5 Å². The average Bonchev–Trinajstić information content (AvgIpc) is 2.44. The van der Waals surface area contributed by atoms with Crippen molar-refractivity contribution in [1.82, 2.24) is 10.2 Å². The van der Waals surface area contributed by atoms with Gasteiger partial charge in [0.2, 0.25) is 0 Å². The Bertz CT molecular complexity index is 382. The number of hydrogen-bond donors (Lipinski definition) is 1. The second kappa shape index (κ2) is 8.02. The van der Waals surface area contributed by atoms with Crippen LogP contribution >= 0.6 is 0 Å². The van der Waals surface area contributed by atoms with Gasteiger partial charge in [0.15, 0.2) is 0 Å². The molecule has 1 aromatic rings. The van der Waals surface area contributed by atoms with Crippen LogP contribution in [-0.4, -0.2) is 45.3 Å². The van der Waals surface area contributed by atoms with Crippen molar-refractivity contribution >= 4 is 0 Å². The molecule has 0 bridgehead atoms. The highest BCUT2D eigenvalue weighted by atomic mass is 16.5. The van der Waals surface area contributed by atoms with E-state index >= 15 is 0 Å². The highest BCUT2D eigenvalue weighted by molar-refractivity contribution is 5.40. The molecule has 0 saturated heterocycles. The topological polar surface area (TPSA) is 33.7 Å². The van der Waals surface area contributed by atoms with Gasteiger partial charge in [0.1, 0.15) is 11.5 Å². The SMILES string of the molecule is CCN(C)CC(C)NCc1ccc(OC)cc1OC. The van der Waals surface area contributed by atoms with Crippen LogP contribution in [0.3, 0.4) is 0 Å². The predicted molar refractivity (Wildman–Crippen MR) is 79.0 cm³/mol. The molecule has 0 spiro atoms. The van der Waals surface area contributed by atoms with Gasteiger partial charge in [0, 0.05) is 30.8 Å². The van der Waals surface area contributed by atoms with Crippen LogP contribution in [0.2, 0.25) is 0 Å². The van der Waals surface area contributed by atoms with Crippen molar-refractivity contribution in [1.29, 1.82) is 0 Å². The van der Waals surface area contributed by atoms with E-state index in [4.69, 9.17) is 9.47 Å². The number of ether oxygens (including phenoxy) is 2. The summed E-state index contributed by atoms with van der Waals surface area (Å²) in [5.41, 5.74) is 1.15. The maximum atomic E-state index is 5.39. The summed E-state index contributed by atoms with van der Waals surface area (Å²) in [6.45, 7) is 7.26. The fourth-order valence-electron chi connectivity index (χ4n) is 1.94. The quantitative estimate of drug-likeness (QED) is 0.781. The Hall–Kier alpha value is -1.26. The first-order valence-electron chi connectivity index (χ1n) is 6.73. The van der Waals surface area contributed by atoms with E-state index in [1.807, 2.05) is 18.2 Å². The maximum absolute atomic E-state index is 5.39. The summed E-state index contributed by atoms with van der Waals surface area (Å²) in [6, 6.07) is 6.36. The molecule has 0 aliphatic heterocycles. The summed E-state index contributed by atoms with van der Waals surface area (Å²) in [7, 11) is 5.48. The first-order valence-corrected chi connectivity index (χ1v) is 6.73. The van der Waals surface area contributed by atoms with Crippen LogP contribution in [-0.2, 0) is 6.54 Å². The molecule has 0 amide bonds. The van der Waals surface area contributed by atoms with Gasteiger partial charge in [-0.15, -0.1) is 0 Å². The third kappa shape index (κ3) is 5.09. The maximum Gasteiger partial charge on any atom is 0.127 e. The Labute approximate surface area is 116 Å². The minimum atomic E-state index is 0.441. The van der Waals surface area contributed by atoms with E-state index in [-0.39, 0.29) is 0 Å². The standard InChI is InChI=1S/C15H26N2O2/c1-6-17(3)11-12(2)16-10-13-7-8-14(18-4)9-15(13)19-5/h7-9,12,16H,6,10-11H2,1-5H3. The van der Waals surface area contributed by atoms with Crippen molar-refractivity contribution in [3.63, 3.8) is 0 Å². The summed E-state index contributed by atoms with van der Waals surface area (Å²) in [4.78, 5) is 2.29. The Kier molecular flexibility index (Phi) is 6.67. The van der Waals surface area contributed by atoms with E-state index in [2.05, 4.69) is 31.1 Å². The molecule has 4 nitrogen and oxygen atoms in total. The minimum absolute atomic E-state index is 0.441. The van der Waals surface area contributed by atoms with Gasteiger partial charge in [-0.25, -0.2) is 0 Å². The first-order chi connectivity index (χ1) is 9.10. The number of nitrogens with one attached hydrogen (secondary N) is 1. The van der Waals surface area contributed by atoms with E-state index in [1.165, 1.54) is 0 Å². The van der Waals surface area contributed by atoms with Crippen molar-refractivity contribution in [2.24, 2.45) is 0 Å². The van der Waals surface area contributed by atoms with Gasteiger partial charge in [-0.1, -0.05) is 13.0 Å². The number of benzene rings is 1. The fourth-order valence-corrected chi connectivity index (χ4v) is 1.94. The zero-order valence-corrected chi connectivity index (χ0v) is 12.7. The molecule has 0 radical (unpaired) electrons. The van der Waals surface area contributed by atoms with Gasteiger partial charge >= 0.3 is 0 Å². The number of likely N-dealkylation sites (N-methyl/N-ethyl adjacent to an activating group) is 1. The Morgan fingerprint density at radius 3 is 2.58 bits per heavy atom. The smallest absolute Gasteiger partial charge is 0.127 e. The van der Waals surface area contributed by atoms with Gasteiger partial charge < -0.3 is 19.7 Å². The molecule has 1 unspecified atom stereocenters. The van der Waals surface area contributed by atoms with Crippen molar-refractivity contribution < 1.29 is 9.47 Å². The van der Waals surface area contributed by atoms with Gasteiger partial charge in [-0.3, -0.25) is 0 Å². The lowest BCUT2D eigenvalue weighted by Crippen LogP contribution is -2.36. The molecular formula is C15H26N2O2.